The molecule has 0 aliphatic heterocycles. The predicted molar refractivity (Wildman–Crippen MR) is 109 cm³/mol. The molecule has 0 saturated heterocycles. The van der Waals surface area contributed by atoms with Gasteiger partial charge in [-0.15, -0.1) is 0 Å². The number of halogens is 1. The zero-order valence-corrected chi connectivity index (χ0v) is 17.1. The maximum atomic E-state index is 12.6. The summed E-state index contributed by atoms with van der Waals surface area (Å²) in [4.78, 5) is 37.4. The van der Waals surface area contributed by atoms with Gasteiger partial charge in [0.05, 0.1) is 0 Å². The number of hydrogen-bond acceptors (Lipinski definition) is 4. The Labute approximate surface area is 169 Å². The second-order valence-corrected chi connectivity index (χ2v) is 8.35. The van der Waals surface area contributed by atoms with Gasteiger partial charge in [0, 0.05) is 16.0 Å². The Morgan fingerprint density at radius 3 is 2.07 bits per heavy atom. The van der Waals surface area contributed by atoms with Crippen LogP contribution in [-0.2, 0) is 21.4 Å². The molecule has 148 valence electrons. The summed E-state index contributed by atoms with van der Waals surface area (Å²) in [6.45, 7) is 6.77. The third-order valence-corrected chi connectivity index (χ3v) is 5.13. The summed E-state index contributed by atoms with van der Waals surface area (Å²) in [7, 11) is 0. The van der Waals surface area contributed by atoms with E-state index in [-0.39, 0.29) is 28.5 Å². The van der Waals surface area contributed by atoms with Crippen molar-refractivity contribution in [2.75, 3.05) is 0 Å². The Bertz CT molecular complexity index is 913. The Balaban J connectivity index is 2.53. The average molecular weight is 402 g/mol. The topological polar surface area (TPSA) is 97.5 Å². The van der Waals surface area contributed by atoms with Gasteiger partial charge in [-0.1, -0.05) is 56.6 Å². The number of benzene rings is 2. The average Bonchev–Trinajstić information content (AvgIpc) is 2.60. The second kappa shape index (κ2) is 7.76. The van der Waals surface area contributed by atoms with Crippen LogP contribution in [-0.4, -0.2) is 22.6 Å². The second-order valence-electron chi connectivity index (χ2n) is 7.94. The molecule has 1 atom stereocenters. The highest BCUT2D eigenvalue weighted by Gasteiger charge is 2.45. The maximum Gasteiger partial charge on any atom is 0.236 e. The van der Waals surface area contributed by atoms with Gasteiger partial charge in [-0.3, -0.25) is 14.4 Å². The molecule has 6 heteroatoms. The fraction of sp³-hybridized carbons (Fsp3) is 0.318. The lowest BCUT2D eigenvalue weighted by Gasteiger charge is -2.29. The molecule has 2 rings (SSSR count). The van der Waals surface area contributed by atoms with Crippen molar-refractivity contribution in [1.29, 1.82) is 0 Å². The van der Waals surface area contributed by atoms with Crippen LogP contribution in [0.4, 0.5) is 0 Å². The number of primary amides is 1. The first-order valence-corrected chi connectivity index (χ1v) is 9.21. The minimum absolute atomic E-state index is 0.0113. The molecule has 0 aliphatic rings. The summed E-state index contributed by atoms with van der Waals surface area (Å²) in [5, 5.41) is 10.0. The van der Waals surface area contributed by atoms with Crippen molar-refractivity contribution < 1.29 is 19.5 Å². The van der Waals surface area contributed by atoms with E-state index in [0.29, 0.717) is 11.1 Å². The molecule has 3 N–H and O–H groups in total. The van der Waals surface area contributed by atoms with Gasteiger partial charge >= 0.3 is 0 Å². The molecule has 0 spiro atoms. The van der Waals surface area contributed by atoms with E-state index in [0.717, 1.165) is 0 Å². The summed E-state index contributed by atoms with van der Waals surface area (Å²) in [5.74, 6) is -1.48. The first-order chi connectivity index (χ1) is 12.9. The quantitative estimate of drug-likeness (QED) is 0.567. The minimum Gasteiger partial charge on any atom is -0.508 e. The highest BCUT2D eigenvalue weighted by Crippen LogP contribution is 2.37. The lowest BCUT2D eigenvalue weighted by atomic mass is 9.71. The van der Waals surface area contributed by atoms with Crippen molar-refractivity contribution in [3.63, 3.8) is 0 Å². The molecule has 0 aromatic heterocycles. The van der Waals surface area contributed by atoms with Crippen LogP contribution < -0.4 is 5.73 Å². The number of nitrogens with two attached hydrogens (primary N) is 1. The van der Waals surface area contributed by atoms with Crippen molar-refractivity contribution in [3.05, 3.63) is 64.2 Å². The number of aromatic hydroxyl groups is 1. The van der Waals surface area contributed by atoms with Gasteiger partial charge in [-0.25, -0.2) is 0 Å². The number of rotatable bonds is 6. The highest BCUT2D eigenvalue weighted by atomic mass is 35.5. The smallest absolute Gasteiger partial charge is 0.236 e. The lowest BCUT2D eigenvalue weighted by Crippen LogP contribution is -2.49. The zero-order chi connectivity index (χ0) is 21.3. The van der Waals surface area contributed by atoms with Crippen LogP contribution in [0.1, 0.15) is 49.2 Å². The molecule has 0 fully saturated rings. The zero-order valence-electron chi connectivity index (χ0n) is 16.4. The number of hydrogen-bond donors (Lipinski definition) is 2. The number of phenolic OH excluding ortho intramolecular Hbond substituents is 1. The van der Waals surface area contributed by atoms with Crippen molar-refractivity contribution in [2.24, 2.45) is 11.1 Å². The van der Waals surface area contributed by atoms with E-state index < -0.39 is 22.5 Å². The van der Waals surface area contributed by atoms with Crippen LogP contribution in [0.5, 0.6) is 5.75 Å². The fourth-order valence-corrected chi connectivity index (χ4v) is 3.44. The number of phenols is 1. The SMILES string of the molecule is CC(=O)C(Cc1ccc(C(=O)C(C)(C)C)cc1)(C(N)=O)c1cc(O)ccc1Cl. The van der Waals surface area contributed by atoms with E-state index in [4.69, 9.17) is 17.3 Å². The van der Waals surface area contributed by atoms with Crippen molar-refractivity contribution in [3.8, 4) is 5.75 Å². The lowest BCUT2D eigenvalue weighted by molar-refractivity contribution is -0.133. The highest BCUT2D eigenvalue weighted by molar-refractivity contribution is 6.32. The molecule has 0 saturated carbocycles. The third kappa shape index (κ3) is 4.09. The van der Waals surface area contributed by atoms with Gasteiger partial charge < -0.3 is 10.8 Å². The predicted octanol–water partition coefficient (Wildman–Crippen LogP) is 3.83. The van der Waals surface area contributed by atoms with Crippen LogP contribution in [0.15, 0.2) is 42.5 Å². The summed E-state index contributed by atoms with van der Waals surface area (Å²) in [6.07, 6.45) is -0.0369. The van der Waals surface area contributed by atoms with E-state index >= 15 is 0 Å². The van der Waals surface area contributed by atoms with E-state index in [1.807, 2.05) is 20.8 Å². The van der Waals surface area contributed by atoms with Crippen LogP contribution in [0, 0.1) is 5.41 Å². The number of Topliss-reactive ketones (excluding diaryl/α,β-unsaturated/α-hetero) is 2. The molecule has 2 aromatic carbocycles. The largest absolute Gasteiger partial charge is 0.508 e. The summed E-state index contributed by atoms with van der Waals surface area (Å²) < 4.78 is 0. The summed E-state index contributed by atoms with van der Waals surface area (Å²) in [5.41, 5.74) is 4.74. The fourth-order valence-electron chi connectivity index (χ4n) is 3.16. The Kier molecular flexibility index (Phi) is 6.00. The van der Waals surface area contributed by atoms with Gasteiger partial charge in [0.2, 0.25) is 5.91 Å². The number of amides is 1. The number of carbonyl (C=O) groups excluding carboxylic acids is 3. The molecule has 28 heavy (non-hydrogen) atoms. The normalized spacial score (nSPS) is 13.6. The van der Waals surface area contributed by atoms with Crippen LogP contribution in [0.25, 0.3) is 0 Å². The van der Waals surface area contributed by atoms with Crippen molar-refractivity contribution >= 4 is 29.1 Å². The molecule has 0 bridgehead atoms. The molecule has 1 unspecified atom stereocenters. The third-order valence-electron chi connectivity index (χ3n) is 4.80. The number of ketones is 2. The van der Waals surface area contributed by atoms with Crippen LogP contribution in [0.2, 0.25) is 5.02 Å². The van der Waals surface area contributed by atoms with E-state index in [1.54, 1.807) is 24.3 Å². The monoisotopic (exact) mass is 401 g/mol. The summed E-state index contributed by atoms with van der Waals surface area (Å²) >= 11 is 6.24. The molecule has 5 nitrogen and oxygen atoms in total. The summed E-state index contributed by atoms with van der Waals surface area (Å²) in [6, 6.07) is 10.8. The van der Waals surface area contributed by atoms with Crippen LogP contribution in [0.3, 0.4) is 0 Å². The van der Waals surface area contributed by atoms with Crippen molar-refractivity contribution in [2.45, 2.75) is 39.5 Å². The standard InChI is InChI=1S/C22H24ClNO4/c1-13(25)22(20(24)28,17-11-16(26)9-10-18(17)23)12-14-5-7-15(8-6-14)19(27)21(2,3)4/h5-11,26H,12H2,1-4H3,(H2,24,28). The van der Waals surface area contributed by atoms with Gasteiger partial charge in [0.25, 0.3) is 0 Å². The van der Waals surface area contributed by atoms with Gasteiger partial charge in [-0.05, 0) is 42.7 Å². The molecule has 1 amide bonds. The first-order valence-electron chi connectivity index (χ1n) is 8.83. The maximum absolute atomic E-state index is 12.6. The van der Waals surface area contributed by atoms with E-state index in [9.17, 15) is 19.5 Å². The van der Waals surface area contributed by atoms with E-state index in [1.165, 1.54) is 25.1 Å². The number of carbonyl (C=O) groups is 3. The molecule has 2 aromatic rings. The van der Waals surface area contributed by atoms with Gasteiger partial charge in [0.1, 0.15) is 16.9 Å². The molecule has 0 radical (unpaired) electrons. The Morgan fingerprint density at radius 1 is 1.04 bits per heavy atom. The van der Waals surface area contributed by atoms with Gasteiger partial charge in [0.15, 0.2) is 5.78 Å². The first kappa shape index (κ1) is 21.6. The molecule has 0 aliphatic carbocycles. The molecular formula is C22H24ClNO4. The van der Waals surface area contributed by atoms with Crippen molar-refractivity contribution in [1.82, 2.24) is 0 Å². The van der Waals surface area contributed by atoms with Gasteiger partial charge in [-0.2, -0.15) is 0 Å². The molecule has 0 heterocycles. The molecular weight excluding hydrogens is 378 g/mol. The van der Waals surface area contributed by atoms with E-state index in [2.05, 4.69) is 0 Å². The minimum atomic E-state index is -1.73. The Hall–Kier alpha value is -2.66. The van der Waals surface area contributed by atoms with Crippen LogP contribution >= 0.6 is 11.6 Å². The Morgan fingerprint density at radius 2 is 1.61 bits per heavy atom.